The number of carboxylic acids is 1. The van der Waals surface area contributed by atoms with E-state index in [4.69, 9.17) is 10.5 Å². The highest BCUT2D eigenvalue weighted by Crippen LogP contribution is 2.56. The lowest BCUT2D eigenvalue weighted by molar-refractivity contribution is -0.156. The molecule has 0 saturated heterocycles. The number of carboxylic acid groups (broad SMARTS) is 1. The van der Waals surface area contributed by atoms with Gasteiger partial charge in [-0.3, -0.25) is 0 Å². The van der Waals surface area contributed by atoms with Gasteiger partial charge >= 0.3 is 5.97 Å². The molecule has 0 bridgehead atoms. The Labute approximate surface area is 130 Å². The fourth-order valence-corrected chi connectivity index (χ4v) is 4.15. The van der Waals surface area contributed by atoms with Crippen LogP contribution in [0.15, 0.2) is 12.1 Å². The van der Waals surface area contributed by atoms with Crippen molar-refractivity contribution in [1.29, 1.82) is 0 Å². The minimum absolute atomic E-state index is 0.179. The number of aromatic carboxylic acids is 1. The van der Waals surface area contributed by atoms with Crippen molar-refractivity contribution in [3.63, 3.8) is 0 Å². The zero-order valence-corrected chi connectivity index (χ0v) is 13.2. The lowest BCUT2D eigenvalue weighted by Gasteiger charge is -2.53. The van der Waals surface area contributed by atoms with Crippen LogP contribution in [0.3, 0.4) is 0 Å². The van der Waals surface area contributed by atoms with Crippen LogP contribution in [-0.2, 0) is 6.42 Å². The first-order chi connectivity index (χ1) is 10.2. The molecule has 1 fully saturated rings. The summed E-state index contributed by atoms with van der Waals surface area (Å²) in [5.74, 6) is -0.156. The summed E-state index contributed by atoms with van der Waals surface area (Å²) in [6.45, 7) is 6.18. The third-order valence-corrected chi connectivity index (χ3v) is 5.77. The molecule has 0 aromatic heterocycles. The summed E-state index contributed by atoms with van der Waals surface area (Å²) < 4.78 is 6.32. The Morgan fingerprint density at radius 3 is 2.68 bits per heavy atom. The maximum Gasteiger partial charge on any atom is 0.335 e. The fourth-order valence-electron chi connectivity index (χ4n) is 4.15. The monoisotopic (exact) mass is 305 g/mol. The summed E-state index contributed by atoms with van der Waals surface area (Å²) >= 11 is 0. The number of fused-ring (bicyclic) bond motifs is 1. The molecule has 3 rings (SSSR count). The van der Waals surface area contributed by atoms with Crippen molar-refractivity contribution in [2.45, 2.75) is 51.7 Å². The molecule has 0 radical (unpaired) electrons. The highest BCUT2D eigenvalue weighted by molar-refractivity contribution is 5.90. The molecule has 1 aromatic rings. The predicted octanol–water partition coefficient (Wildman–Crippen LogP) is 2.46. The average Bonchev–Trinajstić information content (AvgIpc) is 2.84. The highest BCUT2D eigenvalue weighted by atomic mass is 16.5. The maximum absolute atomic E-state index is 11.2. The normalized spacial score (nSPS) is 32.5. The van der Waals surface area contributed by atoms with Crippen molar-refractivity contribution < 1.29 is 19.7 Å². The zero-order valence-electron chi connectivity index (χ0n) is 13.2. The second kappa shape index (κ2) is 4.62. The SMILES string of the molecule is C[C@@H]1CC[C@H](O)C(C)(C)[C@]12Cc1cc(C(=O)O)cc(N)c1O2. The van der Waals surface area contributed by atoms with Crippen LogP contribution in [0.2, 0.25) is 0 Å². The predicted molar refractivity (Wildman–Crippen MR) is 83.1 cm³/mol. The molecule has 0 unspecified atom stereocenters. The lowest BCUT2D eigenvalue weighted by atomic mass is 9.58. The number of nitrogen functional groups attached to an aromatic ring is 1. The molecule has 4 N–H and O–H groups in total. The van der Waals surface area contributed by atoms with Gasteiger partial charge in [-0.2, -0.15) is 0 Å². The first-order valence-electron chi connectivity index (χ1n) is 7.72. The molecular weight excluding hydrogens is 282 g/mol. The van der Waals surface area contributed by atoms with Crippen molar-refractivity contribution in [3.05, 3.63) is 23.3 Å². The van der Waals surface area contributed by atoms with Crippen LogP contribution in [0.1, 0.15) is 49.5 Å². The van der Waals surface area contributed by atoms with Crippen molar-refractivity contribution in [2.24, 2.45) is 11.3 Å². The van der Waals surface area contributed by atoms with E-state index in [2.05, 4.69) is 6.92 Å². The average molecular weight is 305 g/mol. The molecule has 1 aliphatic heterocycles. The Bertz CT molecular complexity index is 640. The molecule has 3 atom stereocenters. The summed E-state index contributed by atoms with van der Waals surface area (Å²) in [4.78, 5) is 11.2. The van der Waals surface area contributed by atoms with E-state index in [0.29, 0.717) is 17.9 Å². The van der Waals surface area contributed by atoms with Gasteiger partial charge in [0.15, 0.2) is 0 Å². The minimum Gasteiger partial charge on any atom is -0.484 e. The van der Waals surface area contributed by atoms with Crippen LogP contribution in [0.5, 0.6) is 5.75 Å². The van der Waals surface area contributed by atoms with Gasteiger partial charge in [-0.25, -0.2) is 4.79 Å². The molecule has 5 nitrogen and oxygen atoms in total. The van der Waals surface area contributed by atoms with Crippen molar-refractivity contribution in [2.75, 3.05) is 5.73 Å². The summed E-state index contributed by atoms with van der Waals surface area (Å²) in [7, 11) is 0. The number of ether oxygens (including phenoxy) is 1. The molecular formula is C17H23NO4. The Balaban J connectivity index is 2.09. The number of aliphatic hydroxyl groups excluding tert-OH is 1. The van der Waals surface area contributed by atoms with Gasteiger partial charge < -0.3 is 20.7 Å². The van der Waals surface area contributed by atoms with E-state index >= 15 is 0 Å². The Morgan fingerprint density at radius 2 is 2.05 bits per heavy atom. The molecule has 1 aromatic carbocycles. The van der Waals surface area contributed by atoms with Crippen LogP contribution < -0.4 is 10.5 Å². The van der Waals surface area contributed by atoms with E-state index in [1.807, 2.05) is 13.8 Å². The van der Waals surface area contributed by atoms with E-state index < -0.39 is 23.1 Å². The van der Waals surface area contributed by atoms with E-state index in [-0.39, 0.29) is 11.5 Å². The van der Waals surface area contributed by atoms with Crippen LogP contribution in [0.4, 0.5) is 5.69 Å². The standard InChI is InChI=1S/C17H23NO4/c1-9-4-5-13(19)16(2,3)17(9)8-11-6-10(15(20)21)7-12(18)14(11)22-17/h6-7,9,13,19H,4-5,8,18H2,1-3H3,(H,20,21)/t9-,13+,17+/m1/s1. The van der Waals surface area contributed by atoms with Gasteiger partial charge in [-0.1, -0.05) is 20.8 Å². The quantitative estimate of drug-likeness (QED) is 0.693. The highest BCUT2D eigenvalue weighted by Gasteiger charge is 2.60. The lowest BCUT2D eigenvalue weighted by Crippen LogP contribution is -2.61. The Kier molecular flexibility index (Phi) is 3.18. The molecule has 0 amide bonds. The fraction of sp³-hybridized carbons (Fsp3) is 0.588. The third-order valence-electron chi connectivity index (χ3n) is 5.77. The van der Waals surface area contributed by atoms with Crippen LogP contribution in [0.25, 0.3) is 0 Å². The van der Waals surface area contributed by atoms with E-state index in [0.717, 1.165) is 18.4 Å². The third kappa shape index (κ3) is 1.85. The first kappa shape index (κ1) is 15.2. The van der Waals surface area contributed by atoms with Crippen molar-refractivity contribution >= 4 is 11.7 Å². The molecule has 22 heavy (non-hydrogen) atoms. The molecule has 120 valence electrons. The van der Waals surface area contributed by atoms with E-state index in [1.54, 1.807) is 6.07 Å². The largest absolute Gasteiger partial charge is 0.484 e. The van der Waals surface area contributed by atoms with Crippen LogP contribution in [0, 0.1) is 11.3 Å². The van der Waals surface area contributed by atoms with Crippen LogP contribution in [-0.4, -0.2) is 27.9 Å². The second-order valence-electron chi connectivity index (χ2n) is 7.24. The van der Waals surface area contributed by atoms with Gasteiger partial charge in [0.1, 0.15) is 11.4 Å². The Hall–Kier alpha value is -1.75. The summed E-state index contributed by atoms with van der Waals surface area (Å²) in [5.41, 5.74) is 6.40. The Morgan fingerprint density at radius 1 is 1.36 bits per heavy atom. The van der Waals surface area contributed by atoms with E-state index in [1.165, 1.54) is 6.07 Å². The maximum atomic E-state index is 11.2. The topological polar surface area (TPSA) is 92.8 Å². The number of benzene rings is 1. The number of anilines is 1. The molecule has 2 aliphatic rings. The molecule has 1 heterocycles. The van der Waals surface area contributed by atoms with Gasteiger partial charge in [0, 0.05) is 17.4 Å². The zero-order chi connectivity index (χ0) is 16.3. The molecule has 1 aliphatic carbocycles. The van der Waals surface area contributed by atoms with Gasteiger partial charge in [-0.15, -0.1) is 0 Å². The minimum atomic E-state index is -0.994. The van der Waals surface area contributed by atoms with E-state index in [9.17, 15) is 15.0 Å². The van der Waals surface area contributed by atoms with Crippen LogP contribution >= 0.6 is 0 Å². The second-order valence-corrected chi connectivity index (χ2v) is 7.24. The summed E-state index contributed by atoms with van der Waals surface area (Å²) in [5, 5.41) is 19.7. The number of rotatable bonds is 1. The number of nitrogens with two attached hydrogens (primary N) is 1. The molecule has 5 heteroatoms. The number of hydrogen-bond acceptors (Lipinski definition) is 4. The van der Waals surface area contributed by atoms with Crippen molar-refractivity contribution in [3.8, 4) is 5.75 Å². The molecule has 1 spiro atoms. The van der Waals surface area contributed by atoms with Gasteiger partial charge in [-0.05, 0) is 30.9 Å². The summed E-state index contributed by atoms with van der Waals surface area (Å²) in [6.07, 6.45) is 1.77. The van der Waals surface area contributed by atoms with Gasteiger partial charge in [0.05, 0.1) is 17.4 Å². The number of hydrogen-bond donors (Lipinski definition) is 3. The molecule has 1 saturated carbocycles. The first-order valence-corrected chi connectivity index (χ1v) is 7.72. The van der Waals surface area contributed by atoms with Gasteiger partial charge in [0.25, 0.3) is 0 Å². The van der Waals surface area contributed by atoms with Crippen molar-refractivity contribution in [1.82, 2.24) is 0 Å². The van der Waals surface area contributed by atoms with Gasteiger partial charge in [0.2, 0.25) is 0 Å². The smallest absolute Gasteiger partial charge is 0.335 e. The number of aliphatic hydroxyl groups is 1. The number of carbonyl (C=O) groups is 1. The summed E-state index contributed by atoms with van der Waals surface area (Å²) in [6, 6.07) is 3.09.